The van der Waals surface area contributed by atoms with Gasteiger partial charge in [0, 0.05) is 18.9 Å². The summed E-state index contributed by atoms with van der Waals surface area (Å²) in [5.74, 6) is 1.83. The molecule has 0 atom stereocenters. The summed E-state index contributed by atoms with van der Waals surface area (Å²) in [5.41, 5.74) is 1.97. The lowest BCUT2D eigenvalue weighted by atomic mass is 10.1. The molecule has 0 unspecified atom stereocenters. The first-order valence-electron chi connectivity index (χ1n) is 6.85. The van der Waals surface area contributed by atoms with Crippen LogP contribution in [0.25, 0.3) is 0 Å². The van der Waals surface area contributed by atoms with Gasteiger partial charge in [-0.1, -0.05) is 37.7 Å². The molecule has 0 aliphatic rings. The van der Waals surface area contributed by atoms with E-state index in [2.05, 4.69) is 4.98 Å². The number of hydrogen-bond donors (Lipinski definition) is 0. The van der Waals surface area contributed by atoms with Crippen LogP contribution in [-0.4, -0.2) is 16.7 Å². The van der Waals surface area contributed by atoms with Gasteiger partial charge in [0.1, 0.15) is 5.75 Å². The summed E-state index contributed by atoms with van der Waals surface area (Å²) >= 11 is 1.56. The van der Waals surface area contributed by atoms with Gasteiger partial charge in [-0.05, 0) is 23.6 Å². The third-order valence-electron chi connectivity index (χ3n) is 3.21. The van der Waals surface area contributed by atoms with Crippen LogP contribution in [0.5, 0.6) is 5.75 Å². The minimum absolute atomic E-state index is 0.0122. The number of nitrogens with zero attached hydrogens (tertiary/aromatic N) is 2. The molecule has 112 valence electrons. The summed E-state index contributed by atoms with van der Waals surface area (Å²) < 4.78 is 6.81. The van der Waals surface area contributed by atoms with Gasteiger partial charge in [-0.15, -0.1) is 0 Å². The molecule has 4 nitrogen and oxygen atoms in total. The molecule has 21 heavy (non-hydrogen) atoms. The van der Waals surface area contributed by atoms with Crippen LogP contribution in [0.3, 0.4) is 0 Å². The minimum atomic E-state index is -0.0122. The van der Waals surface area contributed by atoms with Crippen molar-refractivity contribution in [2.45, 2.75) is 30.7 Å². The van der Waals surface area contributed by atoms with E-state index in [1.807, 2.05) is 38.1 Å². The zero-order valence-electron chi connectivity index (χ0n) is 12.8. The van der Waals surface area contributed by atoms with Crippen LogP contribution in [0.4, 0.5) is 0 Å². The molecule has 2 aromatic rings. The Hall–Kier alpha value is -1.75. The van der Waals surface area contributed by atoms with Crippen LogP contribution in [0.2, 0.25) is 0 Å². The van der Waals surface area contributed by atoms with Gasteiger partial charge < -0.3 is 4.74 Å². The maximum atomic E-state index is 12.0. The van der Waals surface area contributed by atoms with Gasteiger partial charge in [-0.3, -0.25) is 9.36 Å². The second kappa shape index (κ2) is 6.80. The molecule has 0 aliphatic carbocycles. The molecule has 0 spiro atoms. The lowest BCUT2D eigenvalue weighted by Crippen LogP contribution is -2.20. The Morgan fingerprint density at radius 1 is 1.33 bits per heavy atom. The van der Waals surface area contributed by atoms with Gasteiger partial charge in [0.2, 0.25) is 0 Å². The molecule has 1 aromatic heterocycles. The Morgan fingerprint density at radius 3 is 2.76 bits per heavy atom. The Morgan fingerprint density at radius 2 is 2.10 bits per heavy atom. The van der Waals surface area contributed by atoms with Crippen molar-refractivity contribution in [3.63, 3.8) is 0 Å². The predicted molar refractivity (Wildman–Crippen MR) is 86.1 cm³/mol. The average Bonchev–Trinajstić information content (AvgIpc) is 2.48. The normalized spacial score (nSPS) is 10.9. The topological polar surface area (TPSA) is 44.1 Å². The van der Waals surface area contributed by atoms with E-state index in [0.717, 1.165) is 27.9 Å². The first-order chi connectivity index (χ1) is 10.0. The van der Waals surface area contributed by atoms with Gasteiger partial charge >= 0.3 is 0 Å². The molecule has 0 aliphatic heterocycles. The maximum absolute atomic E-state index is 12.0. The maximum Gasteiger partial charge on any atom is 0.254 e. The third kappa shape index (κ3) is 3.88. The number of thioether (sulfide) groups is 1. The van der Waals surface area contributed by atoms with Crippen molar-refractivity contribution in [3.8, 4) is 5.75 Å². The van der Waals surface area contributed by atoms with E-state index in [1.54, 1.807) is 36.6 Å². The predicted octanol–water partition coefficient (Wildman–Crippen LogP) is 3.20. The minimum Gasteiger partial charge on any atom is -0.497 e. The fourth-order valence-electron chi connectivity index (χ4n) is 1.87. The second-order valence-corrected chi connectivity index (χ2v) is 6.10. The van der Waals surface area contributed by atoms with Crippen molar-refractivity contribution >= 4 is 11.8 Å². The Labute approximate surface area is 129 Å². The Balaban J connectivity index is 2.21. The Kier molecular flexibility index (Phi) is 5.07. The van der Waals surface area contributed by atoms with Crippen molar-refractivity contribution in [2.75, 3.05) is 7.11 Å². The molecule has 0 fully saturated rings. The summed E-state index contributed by atoms with van der Waals surface area (Å²) in [7, 11) is 3.41. The quantitative estimate of drug-likeness (QED) is 0.628. The molecule has 0 amide bonds. The molecule has 0 N–H and O–H groups in total. The molecular weight excluding hydrogens is 284 g/mol. The summed E-state index contributed by atoms with van der Waals surface area (Å²) in [5, 5.41) is 0.744. The van der Waals surface area contributed by atoms with Gasteiger partial charge in [-0.25, -0.2) is 4.98 Å². The van der Waals surface area contributed by atoms with Crippen LogP contribution in [0, 0.1) is 0 Å². The van der Waals surface area contributed by atoms with Gasteiger partial charge in [0.25, 0.3) is 5.56 Å². The van der Waals surface area contributed by atoms with Crippen molar-refractivity contribution in [3.05, 3.63) is 51.9 Å². The highest BCUT2D eigenvalue weighted by molar-refractivity contribution is 7.98. The zero-order chi connectivity index (χ0) is 15.4. The average molecular weight is 304 g/mol. The second-order valence-electron chi connectivity index (χ2n) is 5.16. The van der Waals surface area contributed by atoms with E-state index in [-0.39, 0.29) is 11.5 Å². The lowest BCUT2D eigenvalue weighted by Gasteiger charge is -2.11. The van der Waals surface area contributed by atoms with Crippen molar-refractivity contribution < 1.29 is 4.74 Å². The summed E-state index contributed by atoms with van der Waals surface area (Å²) in [6, 6.07) is 9.53. The van der Waals surface area contributed by atoms with E-state index < -0.39 is 0 Å². The van der Waals surface area contributed by atoms with E-state index in [4.69, 9.17) is 4.74 Å². The molecule has 0 radical (unpaired) electrons. The monoisotopic (exact) mass is 304 g/mol. The van der Waals surface area contributed by atoms with E-state index in [1.165, 1.54) is 0 Å². The number of rotatable bonds is 5. The molecule has 5 heteroatoms. The molecular formula is C16H20N2O2S. The number of methoxy groups -OCH3 is 1. The smallest absolute Gasteiger partial charge is 0.254 e. The third-order valence-corrected chi connectivity index (χ3v) is 4.31. The Bertz CT molecular complexity index is 680. The van der Waals surface area contributed by atoms with E-state index in [9.17, 15) is 4.79 Å². The summed E-state index contributed by atoms with van der Waals surface area (Å²) in [6.45, 7) is 4.08. The standard InChI is InChI=1S/C16H20N2O2S/c1-11(2)14-9-15(19)18(3)16(17-14)21-10-12-6-5-7-13(8-12)20-4/h5-9,11H,10H2,1-4H3. The number of benzene rings is 1. The zero-order valence-corrected chi connectivity index (χ0v) is 13.6. The fraction of sp³-hybridized carbons (Fsp3) is 0.375. The van der Waals surface area contributed by atoms with Crippen molar-refractivity contribution in [1.29, 1.82) is 0 Å². The van der Waals surface area contributed by atoms with Crippen molar-refractivity contribution in [1.82, 2.24) is 9.55 Å². The van der Waals surface area contributed by atoms with E-state index >= 15 is 0 Å². The molecule has 2 rings (SSSR count). The molecule has 0 saturated heterocycles. The highest BCUT2D eigenvalue weighted by Crippen LogP contribution is 2.23. The summed E-state index contributed by atoms with van der Waals surface area (Å²) in [6.07, 6.45) is 0. The molecule has 0 saturated carbocycles. The van der Waals surface area contributed by atoms with Gasteiger partial charge in [0.15, 0.2) is 5.16 Å². The van der Waals surface area contributed by atoms with Crippen LogP contribution in [0.15, 0.2) is 40.3 Å². The van der Waals surface area contributed by atoms with E-state index in [0.29, 0.717) is 0 Å². The van der Waals surface area contributed by atoms with Crippen molar-refractivity contribution in [2.24, 2.45) is 7.05 Å². The largest absolute Gasteiger partial charge is 0.497 e. The van der Waals surface area contributed by atoms with Crippen LogP contribution in [-0.2, 0) is 12.8 Å². The molecule has 1 aromatic carbocycles. The lowest BCUT2D eigenvalue weighted by molar-refractivity contribution is 0.414. The fourth-order valence-corrected chi connectivity index (χ4v) is 2.80. The highest BCUT2D eigenvalue weighted by Gasteiger charge is 2.09. The number of hydrogen-bond acceptors (Lipinski definition) is 4. The van der Waals surface area contributed by atoms with Gasteiger partial charge in [-0.2, -0.15) is 0 Å². The first-order valence-corrected chi connectivity index (χ1v) is 7.83. The van der Waals surface area contributed by atoms with Gasteiger partial charge in [0.05, 0.1) is 12.8 Å². The summed E-state index contributed by atoms with van der Waals surface area (Å²) in [4.78, 5) is 16.6. The number of aromatic nitrogens is 2. The van der Waals surface area contributed by atoms with Crippen LogP contribution >= 0.6 is 11.8 Å². The highest BCUT2D eigenvalue weighted by atomic mass is 32.2. The SMILES string of the molecule is COc1cccc(CSc2nc(C(C)C)cc(=O)n2C)c1. The van der Waals surface area contributed by atoms with Crippen LogP contribution in [0.1, 0.15) is 31.0 Å². The first kappa shape index (κ1) is 15.6. The number of ether oxygens (including phenoxy) is 1. The van der Waals surface area contributed by atoms with Crippen LogP contribution < -0.4 is 10.3 Å². The molecule has 1 heterocycles. The molecule has 0 bridgehead atoms.